The fraction of sp³-hybridized carbons (Fsp3) is 0.154. The lowest BCUT2D eigenvalue weighted by Gasteiger charge is -2.11. The quantitative estimate of drug-likeness (QED) is 0.777. The zero-order valence-corrected chi connectivity index (χ0v) is 13.0. The van der Waals surface area contributed by atoms with E-state index in [0.717, 1.165) is 15.7 Å². The molecule has 1 N–H and O–H groups in total. The van der Waals surface area contributed by atoms with Gasteiger partial charge in [0.2, 0.25) is 5.91 Å². The summed E-state index contributed by atoms with van der Waals surface area (Å²) in [6.07, 6.45) is -1.48. The third kappa shape index (κ3) is 3.97. The topological polar surface area (TPSA) is 70.7 Å². The van der Waals surface area contributed by atoms with E-state index in [1.165, 1.54) is 16.8 Å². The Kier molecular flexibility index (Phi) is 4.70. The van der Waals surface area contributed by atoms with Crippen molar-refractivity contribution in [2.75, 3.05) is 5.32 Å². The average molecular weight is 420 g/mol. The van der Waals surface area contributed by atoms with Gasteiger partial charge < -0.3 is 5.32 Å². The third-order valence-electron chi connectivity index (χ3n) is 2.64. The Morgan fingerprint density at radius 2 is 2.18 bits per heavy atom. The molecule has 1 amide bonds. The van der Waals surface area contributed by atoms with Crippen LogP contribution < -0.4 is 5.32 Å². The molecule has 0 spiro atoms. The third-order valence-corrected chi connectivity index (χ3v) is 3.19. The second kappa shape index (κ2) is 6.35. The number of aromatic nitrogens is 2. The zero-order valence-electron chi connectivity index (χ0n) is 10.9. The average Bonchev–Trinajstić information content (AvgIpc) is 2.82. The minimum absolute atomic E-state index is 0.0295. The number of anilines is 1. The summed E-state index contributed by atoms with van der Waals surface area (Å²) in [6.45, 7) is -0.121. The summed E-state index contributed by atoms with van der Waals surface area (Å²) in [5, 5.41) is 15.0. The Bertz CT molecular complexity index is 748. The molecule has 1 aromatic carbocycles. The maximum absolute atomic E-state index is 12.8. The smallest absolute Gasteiger partial charge is 0.324 e. The predicted octanol–water partition coefficient (Wildman–Crippen LogP) is 3.02. The van der Waals surface area contributed by atoms with Gasteiger partial charge in [-0.15, -0.1) is 0 Å². The van der Waals surface area contributed by atoms with Crippen LogP contribution in [0.25, 0.3) is 0 Å². The molecule has 1 aromatic heterocycles. The monoisotopic (exact) mass is 420 g/mol. The number of rotatable bonds is 3. The Hall–Kier alpha value is -2.09. The lowest BCUT2D eigenvalue weighted by Crippen LogP contribution is -2.19. The van der Waals surface area contributed by atoms with Crippen molar-refractivity contribution < 1.29 is 18.0 Å². The van der Waals surface area contributed by atoms with E-state index in [0.29, 0.717) is 0 Å². The lowest BCUT2D eigenvalue weighted by molar-refractivity contribution is -0.137. The first kappa shape index (κ1) is 16.3. The summed E-state index contributed by atoms with van der Waals surface area (Å²) in [6, 6.07) is 4.49. The molecular formula is C13H8F3IN4O. The van der Waals surface area contributed by atoms with Crippen LogP contribution in [0.1, 0.15) is 11.1 Å². The van der Waals surface area contributed by atoms with E-state index in [9.17, 15) is 18.0 Å². The van der Waals surface area contributed by atoms with Gasteiger partial charge in [0.15, 0.2) is 0 Å². The lowest BCUT2D eigenvalue weighted by atomic mass is 10.1. The van der Waals surface area contributed by atoms with Gasteiger partial charge in [-0.2, -0.15) is 23.5 Å². The fourth-order valence-corrected chi connectivity index (χ4v) is 2.17. The molecule has 2 aromatic rings. The van der Waals surface area contributed by atoms with E-state index in [1.54, 1.807) is 12.4 Å². The number of carbonyl (C=O) groups is 1. The second-order valence-electron chi connectivity index (χ2n) is 4.27. The predicted molar refractivity (Wildman–Crippen MR) is 79.7 cm³/mol. The van der Waals surface area contributed by atoms with Crippen LogP contribution >= 0.6 is 22.6 Å². The van der Waals surface area contributed by atoms with Crippen LogP contribution in [0.5, 0.6) is 0 Å². The summed E-state index contributed by atoms with van der Waals surface area (Å²) in [5.74, 6) is -0.516. The number of nitrogens with zero attached hydrogens (tertiary/aromatic N) is 3. The van der Waals surface area contributed by atoms with Crippen LogP contribution in [0.4, 0.5) is 18.9 Å². The van der Waals surface area contributed by atoms with Crippen LogP contribution in [-0.4, -0.2) is 15.7 Å². The summed E-state index contributed by atoms with van der Waals surface area (Å²) in [7, 11) is 0. The number of amides is 1. The Morgan fingerprint density at radius 3 is 2.73 bits per heavy atom. The van der Waals surface area contributed by atoms with E-state index in [2.05, 4.69) is 10.4 Å². The van der Waals surface area contributed by atoms with Crippen LogP contribution in [-0.2, 0) is 17.5 Å². The first-order chi connectivity index (χ1) is 10.3. The normalized spacial score (nSPS) is 11.0. The van der Waals surface area contributed by atoms with E-state index in [-0.39, 0.29) is 12.2 Å². The molecule has 5 nitrogen and oxygen atoms in total. The second-order valence-corrected chi connectivity index (χ2v) is 5.52. The van der Waals surface area contributed by atoms with Gasteiger partial charge in [-0.1, -0.05) is 0 Å². The molecule has 0 aliphatic rings. The van der Waals surface area contributed by atoms with Crippen molar-refractivity contribution >= 4 is 34.2 Å². The van der Waals surface area contributed by atoms with Gasteiger partial charge >= 0.3 is 6.18 Å². The Morgan fingerprint density at radius 1 is 1.45 bits per heavy atom. The number of nitrogens with one attached hydrogen (secondary N) is 1. The number of nitriles is 1. The molecule has 0 fully saturated rings. The van der Waals surface area contributed by atoms with Crippen molar-refractivity contribution in [3.8, 4) is 6.07 Å². The van der Waals surface area contributed by atoms with Crippen LogP contribution in [0.15, 0.2) is 30.6 Å². The van der Waals surface area contributed by atoms with Gasteiger partial charge in [-0.05, 0) is 40.8 Å². The van der Waals surface area contributed by atoms with E-state index in [4.69, 9.17) is 5.26 Å². The van der Waals surface area contributed by atoms with Crippen LogP contribution in [0, 0.1) is 14.9 Å². The number of hydrogen-bond acceptors (Lipinski definition) is 3. The number of halogens is 4. The molecule has 0 radical (unpaired) electrons. The molecule has 0 aliphatic heterocycles. The largest absolute Gasteiger partial charge is 0.417 e. The first-order valence-electron chi connectivity index (χ1n) is 5.89. The molecule has 0 unspecified atom stereocenters. The molecule has 114 valence electrons. The molecule has 9 heteroatoms. The summed E-state index contributed by atoms with van der Waals surface area (Å²) in [4.78, 5) is 11.8. The number of alkyl halides is 3. The maximum atomic E-state index is 12.8. The highest BCUT2D eigenvalue weighted by molar-refractivity contribution is 14.1. The standard InChI is InChI=1S/C13H8F3IN4O/c14-13(15,16)11-3-10(2-1-8(11)4-18)20-12(22)7-21-6-9(17)5-19-21/h1-3,5-6H,7H2,(H,20,22). The number of benzene rings is 1. The van der Waals surface area contributed by atoms with Gasteiger partial charge in [-0.3, -0.25) is 9.48 Å². The van der Waals surface area contributed by atoms with Gasteiger partial charge in [0.1, 0.15) is 6.54 Å². The highest BCUT2D eigenvalue weighted by Crippen LogP contribution is 2.33. The Labute approximate surface area is 136 Å². The molecule has 1 heterocycles. The van der Waals surface area contributed by atoms with Crippen molar-refractivity contribution in [1.29, 1.82) is 5.26 Å². The minimum Gasteiger partial charge on any atom is -0.324 e. The van der Waals surface area contributed by atoms with Crippen molar-refractivity contribution in [2.24, 2.45) is 0 Å². The number of carbonyl (C=O) groups excluding carboxylic acids is 1. The molecule has 0 atom stereocenters. The van der Waals surface area contributed by atoms with Crippen molar-refractivity contribution in [1.82, 2.24) is 9.78 Å². The molecule has 0 saturated heterocycles. The van der Waals surface area contributed by atoms with E-state index >= 15 is 0 Å². The highest BCUT2D eigenvalue weighted by atomic mass is 127. The zero-order chi connectivity index (χ0) is 16.3. The first-order valence-corrected chi connectivity index (χ1v) is 6.96. The molecule has 2 rings (SSSR count). The van der Waals surface area contributed by atoms with Crippen LogP contribution in [0.2, 0.25) is 0 Å². The van der Waals surface area contributed by atoms with Gasteiger partial charge in [0, 0.05) is 11.9 Å². The van der Waals surface area contributed by atoms with Gasteiger partial charge in [-0.25, -0.2) is 0 Å². The summed E-state index contributed by atoms with van der Waals surface area (Å²) < 4.78 is 40.7. The summed E-state index contributed by atoms with van der Waals surface area (Å²) in [5.41, 5.74) is -1.60. The SMILES string of the molecule is N#Cc1ccc(NC(=O)Cn2cc(I)cn2)cc1C(F)(F)F. The summed E-state index contributed by atoms with van der Waals surface area (Å²) >= 11 is 2.02. The van der Waals surface area contributed by atoms with Crippen molar-refractivity contribution in [2.45, 2.75) is 12.7 Å². The number of hydrogen-bond donors (Lipinski definition) is 1. The van der Waals surface area contributed by atoms with Crippen LogP contribution in [0.3, 0.4) is 0 Å². The minimum atomic E-state index is -4.66. The van der Waals surface area contributed by atoms with Crippen molar-refractivity contribution in [3.05, 3.63) is 45.3 Å². The Balaban J connectivity index is 2.16. The molecular weight excluding hydrogens is 412 g/mol. The van der Waals surface area contributed by atoms with Gasteiger partial charge in [0.25, 0.3) is 0 Å². The molecule has 22 heavy (non-hydrogen) atoms. The van der Waals surface area contributed by atoms with Crippen molar-refractivity contribution in [3.63, 3.8) is 0 Å². The van der Waals surface area contributed by atoms with E-state index < -0.39 is 23.2 Å². The maximum Gasteiger partial charge on any atom is 0.417 e. The highest BCUT2D eigenvalue weighted by Gasteiger charge is 2.33. The molecule has 0 saturated carbocycles. The van der Waals surface area contributed by atoms with E-state index in [1.807, 2.05) is 22.6 Å². The van der Waals surface area contributed by atoms with Gasteiger partial charge in [0.05, 0.1) is 27.0 Å². The molecule has 0 bridgehead atoms. The molecule has 0 aliphatic carbocycles. The fourth-order valence-electron chi connectivity index (χ4n) is 1.73.